The van der Waals surface area contributed by atoms with Gasteiger partial charge in [-0.1, -0.05) is 211 Å². The number of hydrogen-bond acceptors (Lipinski definition) is 3. The van der Waals surface area contributed by atoms with E-state index in [1.807, 2.05) is 30.3 Å². The van der Waals surface area contributed by atoms with Crippen molar-refractivity contribution in [3.05, 3.63) is 228 Å². The van der Waals surface area contributed by atoms with Gasteiger partial charge in [-0.05, 0) is 90.7 Å². The van der Waals surface area contributed by atoms with Gasteiger partial charge in [-0.25, -0.2) is 9.97 Å². The number of fused-ring (bicyclic) bond motifs is 6. The number of para-hydroxylation sites is 2. The number of nitrogens with zero attached hydrogens (tertiary/aromatic N) is 2. The van der Waals surface area contributed by atoms with Crippen LogP contribution in [0.4, 0.5) is 0 Å². The van der Waals surface area contributed by atoms with Crippen molar-refractivity contribution in [3.8, 4) is 56.2 Å². The molecule has 2 aromatic heterocycles. The van der Waals surface area contributed by atoms with Gasteiger partial charge in [0.2, 0.25) is 0 Å². The van der Waals surface area contributed by atoms with Crippen LogP contribution in [0.2, 0.25) is 0 Å². The Hall–Kier alpha value is -7.36. The standard InChI is InChI=1S/C61H50N2O/c1-59(2,3)43-28-32-45(33-29-43)61(46-34-30-44(31-35-46)60(4,5)6)52-21-12-10-17-47(52)48-36-27-42(37-53(48)61)39-23-25-40(26-24-39)54-38-55(63-58(62-54)41-15-8-7-9-16-41)51-20-14-19-50-49-18-11-13-22-56(49)64-57(50)51/h7-38H,1-6H3. The summed E-state index contributed by atoms with van der Waals surface area (Å²) in [5.41, 5.74) is 18.5. The first-order valence-corrected chi connectivity index (χ1v) is 22.4. The van der Waals surface area contributed by atoms with E-state index in [-0.39, 0.29) is 10.8 Å². The number of hydrogen-bond donors (Lipinski definition) is 0. The molecule has 0 fully saturated rings. The number of benzene rings is 8. The molecule has 0 N–H and O–H groups in total. The zero-order chi connectivity index (χ0) is 43.8. The lowest BCUT2D eigenvalue weighted by Crippen LogP contribution is -2.29. The summed E-state index contributed by atoms with van der Waals surface area (Å²) in [6.45, 7) is 13.7. The molecule has 3 heteroatoms. The Morgan fingerprint density at radius 2 is 0.938 bits per heavy atom. The smallest absolute Gasteiger partial charge is 0.160 e. The molecule has 0 spiro atoms. The lowest BCUT2D eigenvalue weighted by molar-refractivity contribution is 0.588. The highest BCUT2D eigenvalue weighted by Crippen LogP contribution is 2.57. The summed E-state index contributed by atoms with van der Waals surface area (Å²) in [5.74, 6) is 0.672. The van der Waals surface area contributed by atoms with Gasteiger partial charge in [-0.2, -0.15) is 0 Å². The van der Waals surface area contributed by atoms with Gasteiger partial charge in [0.15, 0.2) is 5.82 Å². The monoisotopic (exact) mass is 826 g/mol. The molecule has 11 rings (SSSR count). The van der Waals surface area contributed by atoms with Crippen LogP contribution in [-0.4, -0.2) is 9.97 Å². The maximum atomic E-state index is 6.49. The fourth-order valence-electron chi connectivity index (χ4n) is 9.92. The van der Waals surface area contributed by atoms with Gasteiger partial charge in [0.05, 0.1) is 16.8 Å². The molecule has 1 aliphatic rings. The van der Waals surface area contributed by atoms with Crippen LogP contribution in [0.3, 0.4) is 0 Å². The Morgan fingerprint density at radius 1 is 0.391 bits per heavy atom. The minimum absolute atomic E-state index is 0.0456. The first-order chi connectivity index (χ1) is 31.0. The summed E-state index contributed by atoms with van der Waals surface area (Å²) in [4.78, 5) is 10.3. The molecule has 0 amide bonds. The largest absolute Gasteiger partial charge is 0.455 e. The van der Waals surface area contributed by atoms with Gasteiger partial charge in [0.1, 0.15) is 11.2 Å². The van der Waals surface area contributed by atoms with Crippen LogP contribution in [0.5, 0.6) is 0 Å². The highest BCUT2D eigenvalue weighted by atomic mass is 16.3. The first kappa shape index (κ1) is 39.5. The Morgan fingerprint density at radius 3 is 1.62 bits per heavy atom. The van der Waals surface area contributed by atoms with Crippen molar-refractivity contribution in [2.24, 2.45) is 0 Å². The maximum Gasteiger partial charge on any atom is 0.160 e. The van der Waals surface area contributed by atoms with E-state index in [4.69, 9.17) is 14.4 Å². The van der Waals surface area contributed by atoms with Gasteiger partial charge in [0, 0.05) is 27.5 Å². The van der Waals surface area contributed by atoms with Crippen molar-refractivity contribution >= 4 is 21.9 Å². The Labute approximate surface area is 376 Å². The fourth-order valence-corrected chi connectivity index (χ4v) is 9.92. The van der Waals surface area contributed by atoms with Crippen molar-refractivity contribution in [3.63, 3.8) is 0 Å². The summed E-state index contributed by atoms with van der Waals surface area (Å²) in [7, 11) is 0. The molecule has 0 aliphatic heterocycles. The van der Waals surface area contributed by atoms with Crippen molar-refractivity contribution in [1.29, 1.82) is 0 Å². The van der Waals surface area contributed by atoms with Crippen molar-refractivity contribution in [2.45, 2.75) is 57.8 Å². The Balaban J connectivity index is 1.05. The topological polar surface area (TPSA) is 38.9 Å². The molecule has 3 nitrogen and oxygen atoms in total. The van der Waals surface area contributed by atoms with E-state index in [0.29, 0.717) is 5.82 Å². The van der Waals surface area contributed by atoms with E-state index in [1.54, 1.807) is 0 Å². The Kier molecular flexibility index (Phi) is 9.18. The molecule has 64 heavy (non-hydrogen) atoms. The highest BCUT2D eigenvalue weighted by Gasteiger charge is 2.46. The van der Waals surface area contributed by atoms with Crippen molar-refractivity contribution in [2.75, 3.05) is 0 Å². The molecule has 310 valence electrons. The normalized spacial score (nSPS) is 13.3. The van der Waals surface area contributed by atoms with Gasteiger partial charge in [-0.15, -0.1) is 0 Å². The van der Waals surface area contributed by atoms with E-state index in [0.717, 1.165) is 55.6 Å². The summed E-state index contributed by atoms with van der Waals surface area (Å²) in [6.07, 6.45) is 0. The third-order valence-electron chi connectivity index (χ3n) is 13.4. The molecule has 0 radical (unpaired) electrons. The van der Waals surface area contributed by atoms with Gasteiger partial charge < -0.3 is 4.42 Å². The zero-order valence-electron chi connectivity index (χ0n) is 37.3. The van der Waals surface area contributed by atoms with E-state index in [2.05, 4.69) is 205 Å². The third-order valence-corrected chi connectivity index (χ3v) is 13.4. The first-order valence-electron chi connectivity index (χ1n) is 22.4. The molecule has 2 heterocycles. The van der Waals surface area contributed by atoms with Crippen LogP contribution in [0.1, 0.15) is 74.9 Å². The zero-order valence-corrected chi connectivity index (χ0v) is 37.3. The molecule has 0 saturated carbocycles. The molecule has 8 aromatic carbocycles. The van der Waals surface area contributed by atoms with Crippen LogP contribution in [0.15, 0.2) is 199 Å². The van der Waals surface area contributed by atoms with Crippen molar-refractivity contribution < 1.29 is 4.42 Å². The van der Waals surface area contributed by atoms with E-state index >= 15 is 0 Å². The van der Waals surface area contributed by atoms with Crippen LogP contribution in [0, 0.1) is 0 Å². The molecule has 0 bridgehead atoms. The molecule has 1 aliphatic carbocycles. The average molecular weight is 827 g/mol. The summed E-state index contributed by atoms with van der Waals surface area (Å²) < 4.78 is 6.49. The summed E-state index contributed by atoms with van der Waals surface area (Å²) in [6, 6.07) is 70.6. The van der Waals surface area contributed by atoms with Crippen molar-refractivity contribution in [1.82, 2.24) is 9.97 Å². The minimum Gasteiger partial charge on any atom is -0.455 e. The van der Waals surface area contributed by atoms with E-state index < -0.39 is 5.41 Å². The van der Waals surface area contributed by atoms with Gasteiger partial charge in [-0.3, -0.25) is 0 Å². The van der Waals surface area contributed by atoms with Crippen LogP contribution in [0.25, 0.3) is 78.1 Å². The lowest BCUT2D eigenvalue weighted by atomic mass is 9.66. The molecular formula is C61H50N2O. The predicted octanol–water partition coefficient (Wildman–Crippen LogP) is 16.0. The van der Waals surface area contributed by atoms with E-state index in [9.17, 15) is 0 Å². The summed E-state index contributed by atoms with van der Waals surface area (Å²) >= 11 is 0. The van der Waals surface area contributed by atoms with E-state index in [1.165, 1.54) is 50.1 Å². The quantitative estimate of drug-likeness (QED) is 0.168. The predicted molar refractivity (Wildman–Crippen MR) is 266 cm³/mol. The fraction of sp³-hybridized carbons (Fsp3) is 0.148. The minimum atomic E-state index is -0.511. The molecule has 0 saturated heterocycles. The van der Waals surface area contributed by atoms with Crippen LogP contribution >= 0.6 is 0 Å². The van der Waals surface area contributed by atoms with Gasteiger partial charge >= 0.3 is 0 Å². The van der Waals surface area contributed by atoms with Gasteiger partial charge in [0.25, 0.3) is 0 Å². The number of rotatable bonds is 6. The lowest BCUT2D eigenvalue weighted by Gasteiger charge is -2.35. The molecule has 10 aromatic rings. The molecule has 0 atom stereocenters. The van der Waals surface area contributed by atoms with Crippen LogP contribution in [-0.2, 0) is 16.2 Å². The highest BCUT2D eigenvalue weighted by molar-refractivity contribution is 6.09. The Bertz CT molecular complexity index is 3300. The second-order valence-electron chi connectivity index (χ2n) is 19.4. The van der Waals surface area contributed by atoms with Crippen LogP contribution < -0.4 is 0 Å². The molecular weight excluding hydrogens is 777 g/mol. The summed E-state index contributed by atoms with van der Waals surface area (Å²) in [5, 5.41) is 2.17. The number of furan rings is 1. The molecule has 0 unspecified atom stereocenters. The second kappa shape index (κ2) is 14.9. The third kappa shape index (κ3) is 6.49. The number of aromatic nitrogens is 2. The average Bonchev–Trinajstić information content (AvgIpc) is 3.85. The SMILES string of the molecule is CC(C)(C)c1ccc(C2(c3ccc(C(C)(C)C)cc3)c3ccccc3-c3ccc(-c4ccc(-c5cc(-c6cccc7c6oc6ccccc67)nc(-c6ccccc6)n5)cc4)cc32)cc1. The second-order valence-corrected chi connectivity index (χ2v) is 19.4. The maximum absolute atomic E-state index is 6.49.